The molecule has 1 aliphatic heterocycles. The number of nitrogens with zero attached hydrogens (tertiary/aromatic N) is 1. The molecule has 2 fully saturated rings. The molecular weight excluding hydrogens is 450 g/mol. The minimum absolute atomic E-state index is 0.0419. The maximum Gasteiger partial charge on any atom is 0.261 e. The van der Waals surface area contributed by atoms with Crippen molar-refractivity contribution in [3.63, 3.8) is 0 Å². The molecule has 182 valence electrons. The largest absolute Gasteiger partial charge is 0.353 e. The number of nitrogens with one attached hydrogen (secondary N) is 2. The SMILES string of the molecule is CC(C)(C)c1ccc(S(=O)(=O)Nc2ccc(C(=O)N3CCC[C@H](C(=O)NC4CC4)C3)cc2)cc1. The zero-order valence-corrected chi connectivity index (χ0v) is 20.8. The first-order valence-corrected chi connectivity index (χ1v) is 13.3. The molecule has 1 aliphatic carbocycles. The fourth-order valence-corrected chi connectivity index (χ4v) is 5.19. The van der Waals surface area contributed by atoms with E-state index in [1.54, 1.807) is 41.3 Å². The minimum atomic E-state index is -3.74. The van der Waals surface area contributed by atoms with Crippen LogP contribution < -0.4 is 10.0 Å². The number of carbonyl (C=O) groups excluding carboxylic acids is 2. The summed E-state index contributed by atoms with van der Waals surface area (Å²) in [6.45, 7) is 7.25. The van der Waals surface area contributed by atoms with Gasteiger partial charge in [0, 0.05) is 30.4 Å². The topological polar surface area (TPSA) is 95.6 Å². The van der Waals surface area contributed by atoms with Crippen molar-refractivity contribution < 1.29 is 18.0 Å². The van der Waals surface area contributed by atoms with Gasteiger partial charge in [-0.3, -0.25) is 14.3 Å². The highest BCUT2D eigenvalue weighted by molar-refractivity contribution is 7.92. The monoisotopic (exact) mass is 483 g/mol. The molecule has 1 heterocycles. The summed E-state index contributed by atoms with van der Waals surface area (Å²) in [5.74, 6) is -0.273. The van der Waals surface area contributed by atoms with Gasteiger partial charge in [-0.15, -0.1) is 0 Å². The van der Waals surface area contributed by atoms with E-state index in [0.29, 0.717) is 30.4 Å². The molecule has 2 N–H and O–H groups in total. The lowest BCUT2D eigenvalue weighted by Crippen LogP contribution is -2.45. The van der Waals surface area contributed by atoms with Crippen LogP contribution in [0.1, 0.15) is 62.4 Å². The average Bonchev–Trinajstić information content (AvgIpc) is 3.62. The number of hydrogen-bond acceptors (Lipinski definition) is 4. The van der Waals surface area contributed by atoms with Crippen LogP contribution in [-0.2, 0) is 20.2 Å². The average molecular weight is 484 g/mol. The predicted octanol–water partition coefficient (Wildman–Crippen LogP) is 3.92. The number of hydrogen-bond donors (Lipinski definition) is 2. The normalized spacial score (nSPS) is 18.9. The van der Waals surface area contributed by atoms with E-state index in [0.717, 1.165) is 31.2 Å². The number of amides is 2. The predicted molar refractivity (Wildman–Crippen MR) is 132 cm³/mol. The lowest BCUT2D eigenvalue weighted by molar-refractivity contribution is -0.126. The lowest BCUT2D eigenvalue weighted by Gasteiger charge is -2.32. The van der Waals surface area contributed by atoms with Gasteiger partial charge in [-0.2, -0.15) is 0 Å². The summed E-state index contributed by atoms with van der Waals surface area (Å²) in [5.41, 5.74) is 1.85. The molecule has 0 spiro atoms. The Balaban J connectivity index is 1.39. The highest BCUT2D eigenvalue weighted by Gasteiger charge is 2.32. The van der Waals surface area contributed by atoms with Crippen LogP contribution in [0.15, 0.2) is 53.4 Å². The van der Waals surface area contributed by atoms with Gasteiger partial charge in [-0.1, -0.05) is 32.9 Å². The maximum atomic E-state index is 13.0. The van der Waals surface area contributed by atoms with E-state index in [-0.39, 0.29) is 28.0 Å². The highest BCUT2D eigenvalue weighted by Crippen LogP contribution is 2.25. The first-order valence-electron chi connectivity index (χ1n) is 11.9. The second kappa shape index (κ2) is 9.41. The lowest BCUT2D eigenvalue weighted by atomic mass is 9.87. The summed E-state index contributed by atoms with van der Waals surface area (Å²) in [7, 11) is -3.74. The first-order chi connectivity index (χ1) is 16.0. The Bertz CT molecular complexity index is 1150. The van der Waals surface area contributed by atoms with E-state index >= 15 is 0 Å². The van der Waals surface area contributed by atoms with Gasteiger partial charge < -0.3 is 10.2 Å². The van der Waals surface area contributed by atoms with Crippen LogP contribution in [0.25, 0.3) is 0 Å². The second-order valence-electron chi connectivity index (χ2n) is 10.3. The molecule has 2 amide bonds. The summed E-state index contributed by atoms with van der Waals surface area (Å²) in [6.07, 6.45) is 3.67. The molecule has 0 aromatic heterocycles. The molecule has 1 saturated carbocycles. The maximum absolute atomic E-state index is 13.0. The van der Waals surface area contributed by atoms with Crippen molar-refractivity contribution in [2.75, 3.05) is 17.8 Å². The zero-order valence-electron chi connectivity index (χ0n) is 20.0. The highest BCUT2D eigenvalue weighted by atomic mass is 32.2. The second-order valence-corrected chi connectivity index (χ2v) is 12.0. The fourth-order valence-electron chi connectivity index (χ4n) is 4.13. The smallest absolute Gasteiger partial charge is 0.261 e. The van der Waals surface area contributed by atoms with Gasteiger partial charge in [0.2, 0.25) is 5.91 Å². The van der Waals surface area contributed by atoms with Crippen LogP contribution in [-0.4, -0.2) is 44.3 Å². The Morgan fingerprint density at radius 2 is 1.59 bits per heavy atom. The summed E-state index contributed by atoms with van der Waals surface area (Å²) in [5, 5.41) is 3.03. The number of rotatable bonds is 6. The molecule has 1 atom stereocenters. The number of sulfonamides is 1. The summed E-state index contributed by atoms with van der Waals surface area (Å²) < 4.78 is 28.1. The molecular formula is C26H33N3O4S. The number of likely N-dealkylation sites (tertiary alicyclic amines) is 1. The van der Waals surface area contributed by atoms with E-state index in [1.165, 1.54) is 0 Å². The Hall–Kier alpha value is -2.87. The van der Waals surface area contributed by atoms with E-state index in [9.17, 15) is 18.0 Å². The molecule has 7 nitrogen and oxygen atoms in total. The Morgan fingerprint density at radius 3 is 2.18 bits per heavy atom. The van der Waals surface area contributed by atoms with Gasteiger partial charge in [0.05, 0.1) is 10.8 Å². The molecule has 8 heteroatoms. The summed E-state index contributed by atoms with van der Waals surface area (Å²) in [6, 6.07) is 13.6. The molecule has 2 aromatic rings. The number of benzene rings is 2. The number of carbonyl (C=O) groups is 2. The van der Waals surface area contributed by atoms with Gasteiger partial charge in [0.25, 0.3) is 15.9 Å². The third-order valence-corrected chi connectivity index (χ3v) is 7.82. The van der Waals surface area contributed by atoms with Crippen molar-refractivity contribution in [2.24, 2.45) is 5.92 Å². The van der Waals surface area contributed by atoms with Crippen molar-refractivity contribution in [3.05, 3.63) is 59.7 Å². The molecule has 1 saturated heterocycles. The summed E-state index contributed by atoms with van der Waals surface area (Å²) in [4.78, 5) is 27.3. The van der Waals surface area contributed by atoms with Gasteiger partial charge in [0.1, 0.15) is 0 Å². The molecule has 0 unspecified atom stereocenters. The third-order valence-electron chi connectivity index (χ3n) is 6.42. The van der Waals surface area contributed by atoms with Crippen molar-refractivity contribution in [3.8, 4) is 0 Å². The molecule has 4 rings (SSSR count). The quantitative estimate of drug-likeness (QED) is 0.651. The molecule has 0 bridgehead atoms. The Kier molecular flexibility index (Phi) is 6.71. The number of piperidine rings is 1. The van der Waals surface area contributed by atoms with Gasteiger partial charge in [-0.25, -0.2) is 8.42 Å². The fraction of sp³-hybridized carbons (Fsp3) is 0.462. The van der Waals surface area contributed by atoms with Crippen LogP contribution in [0.5, 0.6) is 0 Å². The van der Waals surface area contributed by atoms with Gasteiger partial charge >= 0.3 is 0 Å². The first kappa shape index (κ1) is 24.3. The van der Waals surface area contributed by atoms with Crippen LogP contribution in [0.2, 0.25) is 0 Å². The zero-order chi connectivity index (χ0) is 24.5. The molecule has 2 aliphatic rings. The van der Waals surface area contributed by atoms with Crippen LogP contribution in [0, 0.1) is 5.92 Å². The Morgan fingerprint density at radius 1 is 0.941 bits per heavy atom. The molecule has 34 heavy (non-hydrogen) atoms. The standard InChI is InChI=1S/C26H33N3O4S/c1-26(2,3)20-8-14-23(15-9-20)34(32,33)28-22-10-6-18(7-11-22)25(31)29-16-4-5-19(17-29)24(30)27-21-12-13-21/h6-11,14-15,19,21,28H,4-5,12-13,16-17H2,1-3H3,(H,27,30)/t19-/m0/s1. The Labute approximate surface area is 202 Å². The minimum Gasteiger partial charge on any atom is -0.353 e. The van der Waals surface area contributed by atoms with Gasteiger partial charge in [0.15, 0.2) is 0 Å². The third kappa shape index (κ3) is 5.78. The molecule has 2 aromatic carbocycles. The van der Waals surface area contributed by atoms with Crippen molar-refractivity contribution in [2.45, 2.75) is 62.8 Å². The van der Waals surface area contributed by atoms with Crippen molar-refractivity contribution >= 4 is 27.5 Å². The van der Waals surface area contributed by atoms with Crippen LogP contribution in [0.3, 0.4) is 0 Å². The number of anilines is 1. The van der Waals surface area contributed by atoms with E-state index in [2.05, 4.69) is 30.8 Å². The van der Waals surface area contributed by atoms with Crippen LogP contribution in [0.4, 0.5) is 5.69 Å². The van der Waals surface area contributed by atoms with Gasteiger partial charge in [-0.05, 0) is 73.1 Å². The van der Waals surface area contributed by atoms with E-state index in [4.69, 9.17) is 0 Å². The van der Waals surface area contributed by atoms with Crippen molar-refractivity contribution in [1.82, 2.24) is 10.2 Å². The van der Waals surface area contributed by atoms with E-state index in [1.807, 2.05) is 12.1 Å². The molecule has 0 radical (unpaired) electrons. The van der Waals surface area contributed by atoms with Crippen LogP contribution >= 0.6 is 0 Å². The van der Waals surface area contributed by atoms with E-state index < -0.39 is 10.0 Å². The summed E-state index contributed by atoms with van der Waals surface area (Å²) >= 11 is 0. The van der Waals surface area contributed by atoms with Crippen molar-refractivity contribution in [1.29, 1.82) is 0 Å².